The van der Waals surface area contributed by atoms with Crippen molar-refractivity contribution < 1.29 is 9.53 Å². The molecule has 0 unspecified atom stereocenters. The second-order valence-corrected chi connectivity index (χ2v) is 2.67. The molecule has 0 aliphatic carbocycles. The molecule has 0 saturated heterocycles. The standard InChI is InChI=1S/C8H8N4O2/c1-14-8(13)5-4-10-12-3-2-6(9)11-7(5)12/h2-4H,1H3,(H2,9,11). The van der Waals surface area contributed by atoms with Gasteiger partial charge in [0.1, 0.15) is 11.4 Å². The smallest absolute Gasteiger partial charge is 0.343 e. The molecule has 0 aromatic carbocycles. The zero-order chi connectivity index (χ0) is 10.1. The number of esters is 1. The molecule has 72 valence electrons. The lowest BCUT2D eigenvalue weighted by atomic mass is 10.3. The molecular weight excluding hydrogens is 184 g/mol. The molecule has 0 radical (unpaired) electrons. The van der Waals surface area contributed by atoms with E-state index < -0.39 is 5.97 Å². The van der Waals surface area contributed by atoms with Crippen LogP contribution in [0, 0.1) is 0 Å². The molecule has 2 rings (SSSR count). The molecule has 2 aromatic rings. The molecule has 0 atom stereocenters. The minimum absolute atomic E-state index is 0.305. The zero-order valence-electron chi connectivity index (χ0n) is 7.47. The third-order valence-electron chi connectivity index (χ3n) is 1.80. The van der Waals surface area contributed by atoms with Gasteiger partial charge in [0.25, 0.3) is 0 Å². The fraction of sp³-hybridized carbons (Fsp3) is 0.125. The van der Waals surface area contributed by atoms with Gasteiger partial charge in [-0.2, -0.15) is 5.10 Å². The van der Waals surface area contributed by atoms with Crippen LogP contribution in [-0.4, -0.2) is 27.7 Å². The highest BCUT2D eigenvalue weighted by Gasteiger charge is 2.13. The van der Waals surface area contributed by atoms with E-state index >= 15 is 0 Å². The SMILES string of the molecule is COC(=O)c1cnn2ccc(N)nc12. The number of nitrogens with two attached hydrogens (primary N) is 1. The van der Waals surface area contributed by atoms with E-state index in [1.54, 1.807) is 12.3 Å². The molecule has 0 spiro atoms. The van der Waals surface area contributed by atoms with Crippen LogP contribution in [0.1, 0.15) is 10.4 Å². The van der Waals surface area contributed by atoms with E-state index in [0.717, 1.165) is 0 Å². The number of carbonyl (C=O) groups excluding carboxylic acids is 1. The van der Waals surface area contributed by atoms with Crippen LogP contribution in [0.25, 0.3) is 5.65 Å². The number of nitrogen functional groups attached to an aromatic ring is 1. The maximum Gasteiger partial charge on any atom is 0.343 e. The summed E-state index contributed by atoms with van der Waals surface area (Å²) < 4.78 is 6.03. The number of hydrogen-bond donors (Lipinski definition) is 1. The molecule has 2 N–H and O–H groups in total. The van der Waals surface area contributed by atoms with Crippen molar-refractivity contribution in [2.24, 2.45) is 0 Å². The van der Waals surface area contributed by atoms with Gasteiger partial charge >= 0.3 is 5.97 Å². The van der Waals surface area contributed by atoms with Crippen molar-refractivity contribution in [2.75, 3.05) is 12.8 Å². The highest BCUT2D eigenvalue weighted by molar-refractivity contribution is 5.95. The summed E-state index contributed by atoms with van der Waals surface area (Å²) in [7, 11) is 1.30. The summed E-state index contributed by atoms with van der Waals surface area (Å²) in [6, 6.07) is 1.60. The molecule has 2 heterocycles. The Bertz CT molecular complexity index is 491. The lowest BCUT2D eigenvalue weighted by Gasteiger charge is -1.97. The Morgan fingerprint density at radius 2 is 2.43 bits per heavy atom. The van der Waals surface area contributed by atoms with Gasteiger partial charge in [-0.1, -0.05) is 0 Å². The van der Waals surface area contributed by atoms with Crippen LogP contribution in [0.3, 0.4) is 0 Å². The Kier molecular flexibility index (Phi) is 1.81. The van der Waals surface area contributed by atoms with Crippen LogP contribution >= 0.6 is 0 Å². The van der Waals surface area contributed by atoms with Crippen LogP contribution < -0.4 is 5.73 Å². The van der Waals surface area contributed by atoms with Crippen molar-refractivity contribution in [3.05, 3.63) is 24.0 Å². The molecule has 2 aromatic heterocycles. The Hall–Kier alpha value is -2.11. The quantitative estimate of drug-likeness (QED) is 0.648. The average Bonchev–Trinajstić information content (AvgIpc) is 2.59. The number of methoxy groups -OCH3 is 1. The molecule has 6 heteroatoms. The number of ether oxygens (including phenoxy) is 1. The Balaban J connectivity index is 2.67. The Labute approximate surface area is 79.3 Å². The van der Waals surface area contributed by atoms with Crippen molar-refractivity contribution in [3.63, 3.8) is 0 Å². The van der Waals surface area contributed by atoms with Crippen LogP contribution in [0.15, 0.2) is 18.5 Å². The molecule has 0 aliphatic heterocycles. The van der Waals surface area contributed by atoms with E-state index in [0.29, 0.717) is 17.0 Å². The number of rotatable bonds is 1. The zero-order valence-corrected chi connectivity index (χ0v) is 7.47. The Morgan fingerprint density at radius 1 is 1.64 bits per heavy atom. The second-order valence-electron chi connectivity index (χ2n) is 2.67. The molecular formula is C8H8N4O2. The minimum Gasteiger partial charge on any atom is -0.465 e. The van der Waals surface area contributed by atoms with Gasteiger partial charge in [0.2, 0.25) is 0 Å². The topological polar surface area (TPSA) is 82.5 Å². The number of aromatic nitrogens is 3. The summed E-state index contributed by atoms with van der Waals surface area (Å²) in [5, 5.41) is 3.93. The number of carbonyl (C=O) groups is 1. The molecule has 0 bridgehead atoms. The predicted octanol–water partition coefficient (Wildman–Crippen LogP) is 0.0981. The first-order chi connectivity index (χ1) is 6.72. The fourth-order valence-corrected chi connectivity index (χ4v) is 1.14. The van der Waals surface area contributed by atoms with Gasteiger partial charge in [0.05, 0.1) is 13.3 Å². The summed E-state index contributed by atoms with van der Waals surface area (Å²) >= 11 is 0. The first kappa shape index (κ1) is 8.49. The van der Waals surface area contributed by atoms with Gasteiger partial charge in [0.15, 0.2) is 5.65 Å². The predicted molar refractivity (Wildman–Crippen MR) is 48.7 cm³/mol. The molecule has 14 heavy (non-hydrogen) atoms. The fourth-order valence-electron chi connectivity index (χ4n) is 1.14. The number of hydrogen-bond acceptors (Lipinski definition) is 5. The summed E-state index contributed by atoms with van der Waals surface area (Å²) in [6.45, 7) is 0. The third-order valence-corrected chi connectivity index (χ3v) is 1.80. The first-order valence-corrected chi connectivity index (χ1v) is 3.90. The number of anilines is 1. The van der Waals surface area contributed by atoms with E-state index in [-0.39, 0.29) is 0 Å². The normalized spacial score (nSPS) is 10.4. The van der Waals surface area contributed by atoms with Crippen molar-refractivity contribution >= 4 is 17.4 Å². The first-order valence-electron chi connectivity index (χ1n) is 3.90. The van der Waals surface area contributed by atoms with Crippen LogP contribution in [0.2, 0.25) is 0 Å². The van der Waals surface area contributed by atoms with Crippen molar-refractivity contribution in [1.29, 1.82) is 0 Å². The second kappa shape index (κ2) is 2.99. The number of fused-ring (bicyclic) bond motifs is 1. The number of nitrogens with zero attached hydrogens (tertiary/aromatic N) is 3. The highest BCUT2D eigenvalue weighted by atomic mass is 16.5. The van der Waals surface area contributed by atoms with E-state index in [1.807, 2.05) is 0 Å². The third kappa shape index (κ3) is 1.17. The van der Waals surface area contributed by atoms with Gasteiger partial charge in [-0.3, -0.25) is 0 Å². The van der Waals surface area contributed by atoms with E-state index in [4.69, 9.17) is 5.73 Å². The largest absolute Gasteiger partial charge is 0.465 e. The van der Waals surface area contributed by atoms with Gasteiger partial charge in [-0.15, -0.1) is 0 Å². The lowest BCUT2D eigenvalue weighted by molar-refractivity contribution is 0.0602. The molecule has 0 aliphatic rings. The summed E-state index contributed by atoms with van der Waals surface area (Å²) in [5.41, 5.74) is 6.19. The molecule has 0 saturated carbocycles. The van der Waals surface area contributed by atoms with E-state index in [9.17, 15) is 4.79 Å². The van der Waals surface area contributed by atoms with Gasteiger partial charge in [0, 0.05) is 6.20 Å². The van der Waals surface area contributed by atoms with Crippen molar-refractivity contribution in [1.82, 2.24) is 14.6 Å². The Morgan fingerprint density at radius 3 is 3.14 bits per heavy atom. The molecule has 6 nitrogen and oxygen atoms in total. The summed E-state index contributed by atoms with van der Waals surface area (Å²) in [6.07, 6.45) is 3.03. The monoisotopic (exact) mass is 192 g/mol. The van der Waals surface area contributed by atoms with Crippen LogP contribution in [0.4, 0.5) is 5.82 Å². The van der Waals surface area contributed by atoms with Crippen LogP contribution in [0.5, 0.6) is 0 Å². The maximum atomic E-state index is 11.2. The maximum absolute atomic E-state index is 11.2. The van der Waals surface area contributed by atoms with Crippen molar-refractivity contribution in [3.8, 4) is 0 Å². The van der Waals surface area contributed by atoms with E-state index in [2.05, 4.69) is 14.8 Å². The van der Waals surface area contributed by atoms with Gasteiger partial charge < -0.3 is 10.5 Å². The summed E-state index contributed by atoms with van der Waals surface area (Å²) in [4.78, 5) is 15.2. The van der Waals surface area contributed by atoms with Crippen LogP contribution in [-0.2, 0) is 4.74 Å². The average molecular weight is 192 g/mol. The molecule has 0 fully saturated rings. The molecule has 0 amide bonds. The lowest BCUT2D eigenvalue weighted by Crippen LogP contribution is -2.02. The minimum atomic E-state index is -0.474. The van der Waals surface area contributed by atoms with Gasteiger partial charge in [-0.25, -0.2) is 14.3 Å². The van der Waals surface area contributed by atoms with E-state index in [1.165, 1.54) is 17.8 Å². The summed E-state index contributed by atoms with van der Waals surface area (Å²) in [5.74, 6) is -0.138. The van der Waals surface area contributed by atoms with Gasteiger partial charge in [-0.05, 0) is 6.07 Å². The highest BCUT2D eigenvalue weighted by Crippen LogP contribution is 2.10. The van der Waals surface area contributed by atoms with Crippen molar-refractivity contribution in [2.45, 2.75) is 0 Å².